The van der Waals surface area contributed by atoms with Crippen molar-refractivity contribution in [2.75, 3.05) is 4.90 Å². The van der Waals surface area contributed by atoms with E-state index in [0.29, 0.717) is 0 Å². The summed E-state index contributed by atoms with van der Waals surface area (Å²) in [7, 11) is 0. The van der Waals surface area contributed by atoms with Crippen LogP contribution in [0.1, 0.15) is 25.0 Å². The van der Waals surface area contributed by atoms with Gasteiger partial charge in [-0.1, -0.05) is 184 Å². The van der Waals surface area contributed by atoms with Gasteiger partial charge in [-0.3, -0.25) is 0 Å². The molecule has 1 heterocycles. The second kappa shape index (κ2) is 13.9. The lowest BCUT2D eigenvalue weighted by Gasteiger charge is -2.30. The van der Waals surface area contributed by atoms with Crippen LogP contribution in [-0.4, -0.2) is 4.57 Å². The Balaban J connectivity index is 1.17. The third-order valence-electron chi connectivity index (χ3n) is 12.4. The van der Waals surface area contributed by atoms with Gasteiger partial charge in [-0.2, -0.15) is 0 Å². The molecule has 10 aromatic rings. The lowest BCUT2D eigenvalue weighted by Crippen LogP contribution is -2.15. The predicted molar refractivity (Wildman–Crippen MR) is 249 cm³/mol. The SMILES string of the molecule is CC1(C)c2ccccc2-c2cc(N(c3ccc4c5ccccc5n(-c5ccccc5)c4c3)c3ccccc3-c3ccccc3-c3ccccc3-c3ccccc3)ccc21. The summed E-state index contributed by atoms with van der Waals surface area (Å²) in [5, 5.41) is 2.47. The van der Waals surface area contributed by atoms with Crippen LogP contribution in [-0.2, 0) is 5.41 Å². The van der Waals surface area contributed by atoms with Crippen molar-refractivity contribution in [2.24, 2.45) is 0 Å². The molecule has 0 aliphatic heterocycles. The van der Waals surface area contributed by atoms with Crippen LogP contribution < -0.4 is 4.90 Å². The number of para-hydroxylation sites is 3. The highest BCUT2D eigenvalue weighted by atomic mass is 15.1. The van der Waals surface area contributed by atoms with E-state index in [1.807, 2.05) is 0 Å². The molecule has 0 bridgehead atoms. The minimum atomic E-state index is -0.0895. The maximum Gasteiger partial charge on any atom is 0.0561 e. The first-order valence-electron chi connectivity index (χ1n) is 20.5. The minimum Gasteiger partial charge on any atom is -0.310 e. The van der Waals surface area contributed by atoms with Crippen LogP contribution >= 0.6 is 0 Å². The number of fused-ring (bicyclic) bond motifs is 6. The predicted octanol–water partition coefficient (Wildman–Crippen LogP) is 15.6. The Morgan fingerprint density at radius 2 is 0.864 bits per heavy atom. The first-order valence-corrected chi connectivity index (χ1v) is 20.5. The Kier molecular flexibility index (Phi) is 8.20. The van der Waals surface area contributed by atoms with Crippen molar-refractivity contribution in [3.63, 3.8) is 0 Å². The van der Waals surface area contributed by atoms with Crippen LogP contribution in [0.15, 0.2) is 218 Å². The van der Waals surface area contributed by atoms with Crippen LogP contribution in [0, 0.1) is 0 Å². The second-order valence-electron chi connectivity index (χ2n) is 16.1. The summed E-state index contributed by atoms with van der Waals surface area (Å²) in [6, 6.07) is 79.9. The molecule has 0 radical (unpaired) electrons. The van der Waals surface area contributed by atoms with Gasteiger partial charge >= 0.3 is 0 Å². The van der Waals surface area contributed by atoms with Crippen LogP contribution in [0.4, 0.5) is 17.1 Å². The van der Waals surface area contributed by atoms with E-state index in [2.05, 4.69) is 242 Å². The fourth-order valence-corrected chi connectivity index (χ4v) is 9.66. The molecule has 0 atom stereocenters. The number of hydrogen-bond donors (Lipinski definition) is 0. The van der Waals surface area contributed by atoms with E-state index in [4.69, 9.17) is 0 Å². The van der Waals surface area contributed by atoms with Crippen molar-refractivity contribution in [3.05, 3.63) is 230 Å². The topological polar surface area (TPSA) is 8.17 Å². The Hall–Kier alpha value is -7.42. The van der Waals surface area contributed by atoms with E-state index in [1.54, 1.807) is 0 Å². The number of aromatic nitrogens is 1. The standard InChI is InChI=1S/C57H42N2/c1-57(2)52-30-16-13-27-47(52)51-37-41(34-36-53(51)57)58(42-33-35-50-49-29-15-18-32-55(49)59(56(50)38-42)40-21-7-4-8-22-40)54-31-17-14-28-48(54)46-26-12-11-25-45(46)44-24-10-9-23-43(44)39-19-5-3-6-20-39/h3-38H,1-2H3. The Bertz CT molecular complexity index is 3190. The van der Waals surface area contributed by atoms with Gasteiger partial charge < -0.3 is 9.47 Å². The van der Waals surface area contributed by atoms with Crippen molar-refractivity contribution in [1.29, 1.82) is 0 Å². The number of nitrogens with zero attached hydrogens (tertiary/aromatic N) is 2. The molecule has 59 heavy (non-hydrogen) atoms. The van der Waals surface area contributed by atoms with Crippen molar-refractivity contribution >= 4 is 38.9 Å². The molecular formula is C57H42N2. The van der Waals surface area contributed by atoms with Crippen molar-refractivity contribution in [2.45, 2.75) is 19.3 Å². The van der Waals surface area contributed by atoms with E-state index < -0.39 is 0 Å². The van der Waals surface area contributed by atoms with Gasteiger partial charge in [0.15, 0.2) is 0 Å². The second-order valence-corrected chi connectivity index (χ2v) is 16.1. The molecule has 0 N–H and O–H groups in total. The fraction of sp³-hybridized carbons (Fsp3) is 0.0526. The zero-order valence-electron chi connectivity index (χ0n) is 33.2. The Morgan fingerprint density at radius 3 is 1.63 bits per heavy atom. The molecule has 0 unspecified atom stereocenters. The van der Waals surface area contributed by atoms with E-state index in [-0.39, 0.29) is 5.41 Å². The van der Waals surface area contributed by atoms with Gasteiger partial charge in [0.25, 0.3) is 0 Å². The van der Waals surface area contributed by atoms with Gasteiger partial charge in [-0.15, -0.1) is 0 Å². The van der Waals surface area contributed by atoms with Gasteiger partial charge in [-0.05, 0) is 98.6 Å². The molecule has 0 spiro atoms. The van der Waals surface area contributed by atoms with Crippen LogP contribution in [0.3, 0.4) is 0 Å². The summed E-state index contributed by atoms with van der Waals surface area (Å²) >= 11 is 0. The summed E-state index contributed by atoms with van der Waals surface area (Å²) in [5.41, 5.74) is 19.3. The monoisotopic (exact) mass is 754 g/mol. The van der Waals surface area contributed by atoms with Gasteiger partial charge in [0, 0.05) is 38.8 Å². The zero-order chi connectivity index (χ0) is 39.5. The summed E-state index contributed by atoms with van der Waals surface area (Å²) in [6.07, 6.45) is 0. The van der Waals surface area contributed by atoms with E-state index in [0.717, 1.165) is 28.3 Å². The molecule has 9 aromatic carbocycles. The third-order valence-corrected chi connectivity index (χ3v) is 12.4. The zero-order valence-corrected chi connectivity index (χ0v) is 33.2. The molecular weight excluding hydrogens is 713 g/mol. The van der Waals surface area contributed by atoms with Gasteiger partial charge in [0.2, 0.25) is 0 Å². The normalized spacial score (nSPS) is 12.7. The quantitative estimate of drug-likeness (QED) is 0.157. The number of anilines is 3. The molecule has 280 valence electrons. The van der Waals surface area contributed by atoms with Crippen molar-refractivity contribution < 1.29 is 0 Å². The average molecular weight is 755 g/mol. The molecule has 2 heteroatoms. The molecule has 0 fully saturated rings. The molecule has 1 aliphatic rings. The summed E-state index contributed by atoms with van der Waals surface area (Å²) in [6.45, 7) is 4.70. The van der Waals surface area contributed by atoms with Gasteiger partial charge in [0.05, 0.1) is 16.7 Å². The van der Waals surface area contributed by atoms with Gasteiger partial charge in [-0.25, -0.2) is 0 Å². The summed E-state index contributed by atoms with van der Waals surface area (Å²) < 4.78 is 2.41. The molecule has 0 amide bonds. The summed E-state index contributed by atoms with van der Waals surface area (Å²) in [5.74, 6) is 0. The van der Waals surface area contributed by atoms with Gasteiger partial charge in [0.1, 0.15) is 0 Å². The van der Waals surface area contributed by atoms with Crippen LogP contribution in [0.5, 0.6) is 0 Å². The number of rotatable bonds is 7. The maximum absolute atomic E-state index is 2.48. The van der Waals surface area contributed by atoms with E-state index >= 15 is 0 Å². The van der Waals surface area contributed by atoms with Crippen molar-refractivity contribution in [3.8, 4) is 50.2 Å². The highest BCUT2D eigenvalue weighted by Gasteiger charge is 2.36. The molecule has 0 saturated heterocycles. The van der Waals surface area contributed by atoms with E-state index in [9.17, 15) is 0 Å². The lowest BCUT2D eigenvalue weighted by molar-refractivity contribution is 0.660. The average Bonchev–Trinajstić information content (AvgIpc) is 3.75. The molecule has 1 aliphatic carbocycles. The molecule has 11 rings (SSSR count). The number of hydrogen-bond acceptors (Lipinski definition) is 1. The first kappa shape index (κ1) is 34.8. The minimum absolute atomic E-state index is 0.0895. The number of benzene rings is 9. The lowest BCUT2D eigenvalue weighted by atomic mass is 9.82. The fourth-order valence-electron chi connectivity index (χ4n) is 9.66. The van der Waals surface area contributed by atoms with E-state index in [1.165, 1.54) is 71.9 Å². The molecule has 0 saturated carbocycles. The third kappa shape index (κ3) is 5.63. The van der Waals surface area contributed by atoms with Crippen LogP contribution in [0.25, 0.3) is 72.0 Å². The van der Waals surface area contributed by atoms with Crippen molar-refractivity contribution in [1.82, 2.24) is 4.57 Å². The Labute approximate surface area is 345 Å². The largest absolute Gasteiger partial charge is 0.310 e. The first-order chi connectivity index (χ1) is 29.1. The maximum atomic E-state index is 2.48. The van der Waals surface area contributed by atoms with Crippen LogP contribution in [0.2, 0.25) is 0 Å². The molecule has 1 aromatic heterocycles. The highest BCUT2D eigenvalue weighted by molar-refractivity contribution is 6.11. The highest BCUT2D eigenvalue weighted by Crippen LogP contribution is 2.52. The Morgan fingerprint density at radius 1 is 0.356 bits per heavy atom. The molecule has 2 nitrogen and oxygen atoms in total. The summed E-state index contributed by atoms with van der Waals surface area (Å²) in [4.78, 5) is 2.48. The smallest absolute Gasteiger partial charge is 0.0561 e.